The molecule has 0 aromatic carbocycles. The Kier molecular flexibility index (Phi) is 5.95. The van der Waals surface area contributed by atoms with E-state index in [9.17, 15) is 4.79 Å². The predicted molar refractivity (Wildman–Crippen MR) is 82.8 cm³/mol. The molecule has 1 rings (SSSR count). The van der Waals surface area contributed by atoms with Crippen LogP contribution in [0, 0.1) is 19.8 Å². The lowest BCUT2D eigenvalue weighted by Gasteiger charge is -2.22. The molecule has 0 saturated heterocycles. The van der Waals surface area contributed by atoms with Gasteiger partial charge in [-0.25, -0.2) is 4.98 Å². The number of nitrogens with two attached hydrogens (primary N) is 2. The molecule has 0 radical (unpaired) electrons. The second-order valence-electron chi connectivity index (χ2n) is 5.29. The van der Waals surface area contributed by atoms with Gasteiger partial charge in [0.15, 0.2) is 0 Å². The van der Waals surface area contributed by atoms with Crippen LogP contribution in [-0.4, -0.2) is 23.5 Å². The van der Waals surface area contributed by atoms with Gasteiger partial charge in [-0.15, -0.1) is 0 Å². The maximum absolute atomic E-state index is 11.6. The lowest BCUT2D eigenvalue weighted by molar-refractivity contribution is 0.1000. The molecule has 0 aliphatic heterocycles. The summed E-state index contributed by atoms with van der Waals surface area (Å²) in [5.41, 5.74) is 13.8. The largest absolute Gasteiger partial charge is 0.368 e. The maximum atomic E-state index is 11.6. The van der Waals surface area contributed by atoms with E-state index in [1.54, 1.807) is 0 Å². The van der Waals surface area contributed by atoms with Crippen LogP contribution in [-0.2, 0) is 0 Å². The Balaban J connectivity index is 2.89. The number of primary amides is 1. The first-order chi connectivity index (χ1) is 9.40. The summed E-state index contributed by atoms with van der Waals surface area (Å²) in [6, 6.07) is 1.89. The van der Waals surface area contributed by atoms with Gasteiger partial charge in [0.25, 0.3) is 5.91 Å². The maximum Gasteiger partial charge on any atom is 0.252 e. The summed E-state index contributed by atoms with van der Waals surface area (Å²) in [5, 5.41) is 3.19. The summed E-state index contributed by atoms with van der Waals surface area (Å²) >= 11 is 0. The van der Waals surface area contributed by atoms with Gasteiger partial charge in [0.1, 0.15) is 5.82 Å². The van der Waals surface area contributed by atoms with Crippen LogP contribution in [0.3, 0.4) is 0 Å². The van der Waals surface area contributed by atoms with Crippen molar-refractivity contribution < 1.29 is 4.79 Å². The van der Waals surface area contributed by atoms with Crippen LogP contribution in [0.2, 0.25) is 0 Å². The minimum Gasteiger partial charge on any atom is -0.368 e. The molecule has 1 aromatic heterocycles. The Morgan fingerprint density at radius 1 is 1.35 bits per heavy atom. The average molecular weight is 278 g/mol. The third kappa shape index (κ3) is 3.93. The van der Waals surface area contributed by atoms with Gasteiger partial charge in [-0.2, -0.15) is 0 Å². The molecule has 5 nitrogen and oxygen atoms in total. The summed E-state index contributed by atoms with van der Waals surface area (Å²) in [5.74, 6) is 0.537. The molecule has 1 unspecified atom stereocenters. The van der Waals surface area contributed by atoms with Gasteiger partial charge in [-0.3, -0.25) is 4.79 Å². The molecule has 0 bridgehead atoms. The molecule has 0 aliphatic carbocycles. The number of hydrogen-bond acceptors (Lipinski definition) is 4. The van der Waals surface area contributed by atoms with E-state index in [0.717, 1.165) is 24.1 Å². The number of hydrogen-bond donors (Lipinski definition) is 3. The lowest BCUT2D eigenvalue weighted by Crippen LogP contribution is -2.37. The van der Waals surface area contributed by atoms with Crippen LogP contribution in [0.5, 0.6) is 0 Å². The highest BCUT2D eigenvalue weighted by atomic mass is 16.1. The van der Waals surface area contributed by atoms with Gasteiger partial charge >= 0.3 is 0 Å². The highest BCUT2D eigenvalue weighted by molar-refractivity contribution is 5.99. The zero-order chi connectivity index (χ0) is 15.3. The fourth-order valence-corrected chi connectivity index (χ4v) is 2.55. The molecule has 1 heterocycles. The topological polar surface area (TPSA) is 94.0 Å². The third-order valence-electron chi connectivity index (χ3n) is 3.75. The van der Waals surface area contributed by atoms with Crippen LogP contribution in [0.15, 0.2) is 6.07 Å². The lowest BCUT2D eigenvalue weighted by atomic mass is 9.95. The number of aryl methyl sites for hydroxylation is 2. The normalized spacial score (nSPS) is 12.5. The molecule has 0 spiro atoms. The van der Waals surface area contributed by atoms with E-state index in [1.165, 1.54) is 0 Å². The van der Waals surface area contributed by atoms with E-state index < -0.39 is 5.91 Å². The number of pyridine rings is 1. The summed E-state index contributed by atoms with van der Waals surface area (Å²) in [4.78, 5) is 15.9. The number of aromatic nitrogens is 1. The smallest absolute Gasteiger partial charge is 0.252 e. The van der Waals surface area contributed by atoms with Crippen molar-refractivity contribution in [3.8, 4) is 0 Å². The summed E-state index contributed by atoms with van der Waals surface area (Å²) < 4.78 is 0. The Morgan fingerprint density at radius 3 is 2.45 bits per heavy atom. The van der Waals surface area contributed by atoms with Crippen molar-refractivity contribution in [1.82, 2.24) is 4.98 Å². The van der Waals surface area contributed by atoms with Gasteiger partial charge in [0.2, 0.25) is 0 Å². The number of nitrogens with one attached hydrogen (secondary N) is 1. The third-order valence-corrected chi connectivity index (χ3v) is 3.75. The standard InChI is InChI=1S/C15H26N4O/c1-5-11(6-2)12(16)8-18-15-13(14(17)20)9(3)7-10(4)19-15/h7,11-12H,5-6,8,16H2,1-4H3,(H2,17,20)(H,18,19). The molecule has 1 aromatic rings. The summed E-state index contributed by atoms with van der Waals surface area (Å²) in [6.45, 7) is 8.61. The highest BCUT2D eigenvalue weighted by Crippen LogP contribution is 2.19. The Bertz CT molecular complexity index is 469. The van der Waals surface area contributed by atoms with Gasteiger partial charge in [0.05, 0.1) is 5.56 Å². The highest BCUT2D eigenvalue weighted by Gasteiger charge is 2.17. The second-order valence-corrected chi connectivity index (χ2v) is 5.29. The first kappa shape index (κ1) is 16.4. The van der Waals surface area contributed by atoms with Crippen LogP contribution in [0.1, 0.15) is 48.3 Å². The minimum absolute atomic E-state index is 0.0355. The first-order valence-electron chi connectivity index (χ1n) is 7.18. The molecule has 1 atom stereocenters. The van der Waals surface area contributed by atoms with Crippen LogP contribution in [0.25, 0.3) is 0 Å². The fourth-order valence-electron chi connectivity index (χ4n) is 2.55. The zero-order valence-corrected chi connectivity index (χ0v) is 12.9. The zero-order valence-electron chi connectivity index (χ0n) is 12.9. The monoisotopic (exact) mass is 278 g/mol. The van der Waals surface area contributed by atoms with Crippen molar-refractivity contribution >= 4 is 11.7 Å². The van der Waals surface area contributed by atoms with Crippen LogP contribution >= 0.6 is 0 Å². The number of anilines is 1. The quantitative estimate of drug-likeness (QED) is 0.710. The second kappa shape index (κ2) is 7.24. The van der Waals surface area contributed by atoms with E-state index in [0.29, 0.717) is 23.8 Å². The van der Waals surface area contributed by atoms with Crippen LogP contribution < -0.4 is 16.8 Å². The van der Waals surface area contributed by atoms with Crippen LogP contribution in [0.4, 0.5) is 5.82 Å². The summed E-state index contributed by atoms with van der Waals surface area (Å²) in [6.07, 6.45) is 2.09. The minimum atomic E-state index is -0.464. The van der Waals surface area contributed by atoms with Crippen molar-refractivity contribution in [3.05, 3.63) is 22.9 Å². The molecule has 0 fully saturated rings. The molecule has 5 N–H and O–H groups in total. The SMILES string of the molecule is CCC(CC)C(N)CNc1nc(C)cc(C)c1C(N)=O. The first-order valence-corrected chi connectivity index (χ1v) is 7.18. The van der Waals surface area contributed by atoms with Gasteiger partial charge in [0, 0.05) is 18.3 Å². The molecule has 0 saturated carbocycles. The number of carbonyl (C=O) groups is 1. The van der Waals surface area contributed by atoms with E-state index in [1.807, 2.05) is 19.9 Å². The van der Waals surface area contributed by atoms with E-state index >= 15 is 0 Å². The van der Waals surface area contributed by atoms with Crippen molar-refractivity contribution in [2.75, 3.05) is 11.9 Å². The Morgan fingerprint density at radius 2 is 1.95 bits per heavy atom. The molecular weight excluding hydrogens is 252 g/mol. The number of nitrogens with zero attached hydrogens (tertiary/aromatic N) is 1. The molecule has 5 heteroatoms. The van der Waals surface area contributed by atoms with E-state index in [4.69, 9.17) is 11.5 Å². The average Bonchev–Trinajstić information content (AvgIpc) is 2.36. The van der Waals surface area contributed by atoms with Gasteiger partial charge < -0.3 is 16.8 Å². The van der Waals surface area contributed by atoms with Crippen molar-refractivity contribution in [3.63, 3.8) is 0 Å². The molecule has 1 amide bonds. The molecular formula is C15H26N4O. The number of carbonyl (C=O) groups excluding carboxylic acids is 1. The van der Waals surface area contributed by atoms with E-state index in [2.05, 4.69) is 24.1 Å². The number of amides is 1. The Labute approximate surface area is 121 Å². The Hall–Kier alpha value is -1.62. The predicted octanol–water partition coefficient (Wildman–Crippen LogP) is 1.97. The van der Waals surface area contributed by atoms with E-state index in [-0.39, 0.29) is 6.04 Å². The van der Waals surface area contributed by atoms with Gasteiger partial charge in [-0.1, -0.05) is 26.7 Å². The van der Waals surface area contributed by atoms with Crippen molar-refractivity contribution in [2.45, 2.75) is 46.6 Å². The molecule has 112 valence electrons. The molecule has 0 aliphatic rings. The summed E-state index contributed by atoms with van der Waals surface area (Å²) in [7, 11) is 0. The number of rotatable bonds is 7. The van der Waals surface area contributed by atoms with Gasteiger partial charge in [-0.05, 0) is 31.4 Å². The molecule has 20 heavy (non-hydrogen) atoms. The van der Waals surface area contributed by atoms with Crippen molar-refractivity contribution in [2.24, 2.45) is 17.4 Å². The fraction of sp³-hybridized carbons (Fsp3) is 0.600. The van der Waals surface area contributed by atoms with Crippen molar-refractivity contribution in [1.29, 1.82) is 0 Å².